The molecule has 9 nitrogen and oxygen atoms in total. The zero-order valence-corrected chi connectivity index (χ0v) is 23.5. The molecule has 0 saturated heterocycles. The summed E-state index contributed by atoms with van der Waals surface area (Å²) in [6.45, 7) is 1.03. The van der Waals surface area contributed by atoms with Crippen LogP contribution in [0.4, 0.5) is 10.1 Å². The molecule has 0 fully saturated rings. The van der Waals surface area contributed by atoms with Crippen LogP contribution in [-0.2, 0) is 19.6 Å². The topological polar surface area (TPSA) is 117 Å². The molecule has 216 valence electrons. The van der Waals surface area contributed by atoms with E-state index in [4.69, 9.17) is 4.74 Å². The second-order valence-electron chi connectivity index (χ2n) is 9.13. The monoisotopic (exact) mass is 588 g/mol. The summed E-state index contributed by atoms with van der Waals surface area (Å²) in [4.78, 5) is 24.8. The highest BCUT2D eigenvalue weighted by Crippen LogP contribution is 2.26. The van der Waals surface area contributed by atoms with Gasteiger partial charge in [0.2, 0.25) is 0 Å². The van der Waals surface area contributed by atoms with Gasteiger partial charge < -0.3 is 10.1 Å². The summed E-state index contributed by atoms with van der Waals surface area (Å²) in [5.41, 5.74) is 3.60. The van der Waals surface area contributed by atoms with Crippen molar-refractivity contribution >= 4 is 33.7 Å². The van der Waals surface area contributed by atoms with Gasteiger partial charge in [-0.15, -0.1) is 0 Å². The molecular formula is C31H29FN4O5S. The van der Waals surface area contributed by atoms with Crippen molar-refractivity contribution in [2.45, 2.75) is 17.9 Å². The standard InChI is InChI=1S/C31H29FN4O5S/c1-23(25-10-4-2-5-11-25)34-31(38)22-41-26-18-16-24(17-19-26)20-33-35-30(37)21-36(29-15-9-8-14-28(29)32)42(39,40)27-12-6-3-7-13-27/h2-20,23H,21-22H2,1H3,(H,34,38)(H,35,37)/b33-20-/t23-/m1/s1. The molecule has 0 aliphatic heterocycles. The Hall–Kier alpha value is -5.03. The van der Waals surface area contributed by atoms with Crippen molar-refractivity contribution in [2.75, 3.05) is 17.5 Å². The number of anilines is 1. The Morgan fingerprint density at radius 2 is 1.50 bits per heavy atom. The van der Waals surface area contributed by atoms with Crippen molar-refractivity contribution in [3.63, 3.8) is 0 Å². The normalized spacial score (nSPS) is 12.0. The molecule has 42 heavy (non-hydrogen) atoms. The van der Waals surface area contributed by atoms with Crippen LogP contribution in [-0.4, -0.2) is 39.6 Å². The lowest BCUT2D eigenvalue weighted by molar-refractivity contribution is -0.123. The minimum absolute atomic E-state index is 0.0879. The molecule has 0 aliphatic rings. The minimum atomic E-state index is -4.25. The van der Waals surface area contributed by atoms with Gasteiger partial charge in [0.1, 0.15) is 18.1 Å². The summed E-state index contributed by atoms with van der Waals surface area (Å²) in [6, 6.07) is 28.8. The van der Waals surface area contributed by atoms with Gasteiger partial charge in [0.05, 0.1) is 22.8 Å². The summed E-state index contributed by atoms with van der Waals surface area (Å²) in [6.07, 6.45) is 1.36. The number of amides is 2. The van der Waals surface area contributed by atoms with E-state index in [1.54, 1.807) is 30.3 Å². The third-order valence-electron chi connectivity index (χ3n) is 6.07. The van der Waals surface area contributed by atoms with E-state index in [9.17, 15) is 22.4 Å². The van der Waals surface area contributed by atoms with Crippen LogP contribution in [0.15, 0.2) is 119 Å². The highest BCUT2D eigenvalue weighted by Gasteiger charge is 2.29. The number of halogens is 1. The highest BCUT2D eigenvalue weighted by atomic mass is 32.2. The average Bonchev–Trinajstić information content (AvgIpc) is 3.00. The van der Waals surface area contributed by atoms with Crippen LogP contribution >= 0.6 is 0 Å². The molecular weight excluding hydrogens is 559 g/mol. The molecule has 0 bridgehead atoms. The number of sulfonamides is 1. The van der Waals surface area contributed by atoms with Crippen LogP contribution in [0.5, 0.6) is 5.75 Å². The van der Waals surface area contributed by atoms with E-state index < -0.39 is 28.3 Å². The Labute approximate surface area is 243 Å². The predicted octanol–water partition coefficient (Wildman–Crippen LogP) is 4.43. The summed E-state index contributed by atoms with van der Waals surface area (Å²) >= 11 is 0. The molecule has 2 N–H and O–H groups in total. The first-order valence-corrected chi connectivity index (χ1v) is 14.4. The molecule has 4 aromatic rings. The molecule has 0 radical (unpaired) electrons. The van der Waals surface area contributed by atoms with Gasteiger partial charge in [0.25, 0.3) is 21.8 Å². The lowest BCUT2D eigenvalue weighted by Gasteiger charge is -2.24. The fraction of sp³-hybridized carbons (Fsp3) is 0.129. The molecule has 2 amide bonds. The zero-order valence-electron chi connectivity index (χ0n) is 22.7. The number of hydrazone groups is 1. The predicted molar refractivity (Wildman–Crippen MR) is 158 cm³/mol. The Morgan fingerprint density at radius 3 is 2.17 bits per heavy atom. The number of carbonyl (C=O) groups is 2. The van der Waals surface area contributed by atoms with E-state index in [-0.39, 0.29) is 29.1 Å². The number of benzene rings is 4. The van der Waals surface area contributed by atoms with Gasteiger partial charge in [0, 0.05) is 0 Å². The molecule has 11 heteroatoms. The third-order valence-corrected chi connectivity index (χ3v) is 7.84. The molecule has 4 rings (SSSR count). The SMILES string of the molecule is C[C@@H](NC(=O)COc1ccc(/C=N\NC(=O)CN(c2ccccc2F)S(=O)(=O)c2ccccc2)cc1)c1ccccc1. The maximum absolute atomic E-state index is 14.6. The summed E-state index contributed by atoms with van der Waals surface area (Å²) in [5.74, 6) is -1.37. The molecule has 0 saturated carbocycles. The van der Waals surface area contributed by atoms with Crippen LogP contribution in [0.3, 0.4) is 0 Å². The van der Waals surface area contributed by atoms with Crippen LogP contribution in [0.25, 0.3) is 0 Å². The van der Waals surface area contributed by atoms with Crippen LogP contribution in [0.1, 0.15) is 24.1 Å². The fourth-order valence-electron chi connectivity index (χ4n) is 3.93. The Balaban J connectivity index is 1.32. The first-order valence-electron chi connectivity index (χ1n) is 13.0. The highest BCUT2D eigenvalue weighted by molar-refractivity contribution is 7.92. The molecule has 0 heterocycles. The van der Waals surface area contributed by atoms with Gasteiger partial charge in [-0.25, -0.2) is 18.2 Å². The van der Waals surface area contributed by atoms with Crippen molar-refractivity contribution in [3.05, 3.63) is 126 Å². The zero-order chi connectivity index (χ0) is 30.0. The lowest BCUT2D eigenvalue weighted by Crippen LogP contribution is -2.40. The van der Waals surface area contributed by atoms with Crippen molar-refractivity contribution < 1.29 is 27.1 Å². The van der Waals surface area contributed by atoms with E-state index >= 15 is 0 Å². The second kappa shape index (κ2) is 14.0. The number of hydrogen-bond donors (Lipinski definition) is 2. The number of para-hydroxylation sites is 1. The Bertz CT molecular complexity index is 1630. The van der Waals surface area contributed by atoms with Crippen molar-refractivity contribution in [2.24, 2.45) is 5.10 Å². The van der Waals surface area contributed by atoms with E-state index in [2.05, 4.69) is 15.8 Å². The maximum atomic E-state index is 14.6. The van der Waals surface area contributed by atoms with Gasteiger partial charge in [-0.05, 0) is 66.6 Å². The van der Waals surface area contributed by atoms with Crippen molar-refractivity contribution in [1.29, 1.82) is 0 Å². The van der Waals surface area contributed by atoms with E-state index in [0.29, 0.717) is 15.6 Å². The number of carbonyl (C=O) groups excluding carboxylic acids is 2. The minimum Gasteiger partial charge on any atom is -0.484 e. The van der Waals surface area contributed by atoms with Crippen molar-refractivity contribution in [3.8, 4) is 5.75 Å². The number of hydrogen-bond acceptors (Lipinski definition) is 6. The van der Waals surface area contributed by atoms with Gasteiger partial charge in [0.15, 0.2) is 6.61 Å². The largest absolute Gasteiger partial charge is 0.484 e. The molecule has 1 atom stereocenters. The molecule has 4 aromatic carbocycles. The van der Waals surface area contributed by atoms with Gasteiger partial charge >= 0.3 is 0 Å². The fourth-order valence-corrected chi connectivity index (χ4v) is 5.37. The lowest BCUT2D eigenvalue weighted by atomic mass is 10.1. The molecule has 0 aliphatic carbocycles. The van der Waals surface area contributed by atoms with E-state index in [1.165, 1.54) is 48.7 Å². The van der Waals surface area contributed by atoms with Crippen LogP contribution < -0.4 is 19.8 Å². The number of ether oxygens (including phenoxy) is 1. The van der Waals surface area contributed by atoms with Crippen LogP contribution in [0, 0.1) is 5.82 Å². The average molecular weight is 589 g/mol. The van der Waals surface area contributed by atoms with E-state index in [1.807, 2.05) is 37.3 Å². The van der Waals surface area contributed by atoms with Crippen LogP contribution in [0.2, 0.25) is 0 Å². The summed E-state index contributed by atoms with van der Waals surface area (Å²) in [5, 5.41) is 6.76. The number of nitrogens with one attached hydrogen (secondary N) is 2. The quantitative estimate of drug-likeness (QED) is 0.188. The molecule has 0 spiro atoms. The summed E-state index contributed by atoms with van der Waals surface area (Å²) in [7, 11) is -4.25. The third kappa shape index (κ3) is 8.01. The van der Waals surface area contributed by atoms with Gasteiger partial charge in [-0.3, -0.25) is 13.9 Å². The number of nitrogens with zero attached hydrogens (tertiary/aromatic N) is 2. The smallest absolute Gasteiger partial charge is 0.264 e. The van der Waals surface area contributed by atoms with E-state index in [0.717, 1.165) is 11.6 Å². The number of rotatable bonds is 12. The summed E-state index contributed by atoms with van der Waals surface area (Å²) < 4.78 is 47.3. The van der Waals surface area contributed by atoms with Gasteiger partial charge in [-0.2, -0.15) is 5.10 Å². The second-order valence-corrected chi connectivity index (χ2v) is 11.0. The Morgan fingerprint density at radius 1 is 0.881 bits per heavy atom. The Kier molecular flexibility index (Phi) is 10.0. The first-order chi connectivity index (χ1) is 20.2. The van der Waals surface area contributed by atoms with Gasteiger partial charge in [-0.1, -0.05) is 60.7 Å². The molecule has 0 aromatic heterocycles. The molecule has 0 unspecified atom stereocenters. The maximum Gasteiger partial charge on any atom is 0.264 e. The van der Waals surface area contributed by atoms with Crippen molar-refractivity contribution in [1.82, 2.24) is 10.7 Å². The first kappa shape index (κ1) is 29.9.